The third kappa shape index (κ3) is 3.16. The number of carbonyl (C=O) groups excluding carboxylic acids is 2. The van der Waals surface area contributed by atoms with Gasteiger partial charge in [0.05, 0.1) is 12.8 Å². The fourth-order valence-corrected chi connectivity index (χ4v) is 3.19. The second-order valence-electron chi connectivity index (χ2n) is 4.96. The molecular weight excluding hydrogens is 321 g/mol. The fourth-order valence-electron chi connectivity index (χ4n) is 2.27. The molecule has 2 amide bonds. The minimum atomic E-state index is -0.616. The van der Waals surface area contributed by atoms with Crippen molar-refractivity contribution in [2.24, 2.45) is 0 Å². The van der Waals surface area contributed by atoms with Crippen LogP contribution in [0, 0.1) is 5.82 Å². The summed E-state index contributed by atoms with van der Waals surface area (Å²) in [6, 6.07) is 3.94. The summed E-state index contributed by atoms with van der Waals surface area (Å²) in [4.78, 5) is 28.9. The van der Waals surface area contributed by atoms with Gasteiger partial charge in [-0.25, -0.2) is 9.37 Å². The van der Waals surface area contributed by atoms with Crippen molar-refractivity contribution in [3.63, 3.8) is 0 Å². The molecule has 8 heteroatoms. The van der Waals surface area contributed by atoms with Crippen LogP contribution in [0.1, 0.15) is 32.1 Å². The standard InChI is InChI=1S/C15H14FN3O3S/c1-22-11-5-4-8(7-9(11)16)13(20)19-15-18-10-3-2-6-17-14(21)12(10)23-15/h4-5,7H,2-3,6H2,1H3,(H,17,21)(H,18,19,20). The maximum Gasteiger partial charge on any atom is 0.263 e. The van der Waals surface area contributed by atoms with Crippen LogP contribution in [-0.2, 0) is 6.42 Å². The van der Waals surface area contributed by atoms with E-state index in [2.05, 4.69) is 15.6 Å². The number of hydrogen-bond acceptors (Lipinski definition) is 5. The zero-order valence-corrected chi connectivity index (χ0v) is 13.1. The number of aryl methyl sites for hydroxylation is 1. The maximum absolute atomic E-state index is 13.7. The van der Waals surface area contributed by atoms with Gasteiger partial charge in [-0.3, -0.25) is 14.9 Å². The molecule has 0 spiro atoms. The highest BCUT2D eigenvalue weighted by Gasteiger charge is 2.21. The highest BCUT2D eigenvalue weighted by atomic mass is 32.1. The molecule has 1 aliphatic rings. The minimum Gasteiger partial charge on any atom is -0.494 e. The van der Waals surface area contributed by atoms with E-state index in [1.165, 1.54) is 19.2 Å². The smallest absolute Gasteiger partial charge is 0.263 e. The first-order valence-electron chi connectivity index (χ1n) is 7.01. The Morgan fingerprint density at radius 3 is 3.04 bits per heavy atom. The van der Waals surface area contributed by atoms with E-state index in [4.69, 9.17) is 4.74 Å². The summed E-state index contributed by atoms with van der Waals surface area (Å²) in [6.07, 6.45) is 1.48. The summed E-state index contributed by atoms with van der Waals surface area (Å²) in [5.41, 5.74) is 0.833. The Kier molecular flexibility index (Phi) is 4.24. The molecule has 6 nitrogen and oxygen atoms in total. The predicted molar refractivity (Wildman–Crippen MR) is 83.7 cm³/mol. The predicted octanol–water partition coefficient (Wildman–Crippen LogP) is 2.22. The van der Waals surface area contributed by atoms with Gasteiger partial charge in [0.1, 0.15) is 4.88 Å². The monoisotopic (exact) mass is 335 g/mol. The van der Waals surface area contributed by atoms with E-state index in [1.54, 1.807) is 0 Å². The number of carbonyl (C=O) groups is 2. The van der Waals surface area contributed by atoms with Crippen molar-refractivity contribution in [1.82, 2.24) is 10.3 Å². The molecule has 1 aliphatic heterocycles. The average molecular weight is 335 g/mol. The SMILES string of the molecule is COc1ccc(C(=O)Nc2nc3c(s2)C(=O)NCCC3)cc1F. The van der Waals surface area contributed by atoms with E-state index < -0.39 is 11.7 Å². The lowest BCUT2D eigenvalue weighted by Gasteiger charge is -2.05. The lowest BCUT2D eigenvalue weighted by Crippen LogP contribution is -2.21. The van der Waals surface area contributed by atoms with Crippen LogP contribution in [-0.4, -0.2) is 30.5 Å². The molecule has 0 saturated carbocycles. The van der Waals surface area contributed by atoms with Gasteiger partial charge in [0.2, 0.25) is 0 Å². The molecule has 3 rings (SSSR count). The highest BCUT2D eigenvalue weighted by molar-refractivity contribution is 7.17. The number of halogens is 1. The quantitative estimate of drug-likeness (QED) is 0.901. The number of fused-ring (bicyclic) bond motifs is 1. The second-order valence-corrected chi connectivity index (χ2v) is 5.96. The van der Waals surface area contributed by atoms with E-state index in [-0.39, 0.29) is 17.2 Å². The molecule has 0 aliphatic carbocycles. The molecule has 0 saturated heterocycles. The third-order valence-electron chi connectivity index (χ3n) is 3.41. The molecule has 0 fully saturated rings. The Balaban J connectivity index is 1.79. The van der Waals surface area contributed by atoms with Crippen molar-refractivity contribution in [2.45, 2.75) is 12.8 Å². The van der Waals surface area contributed by atoms with E-state index in [0.29, 0.717) is 28.7 Å². The number of thiazole rings is 1. The number of benzene rings is 1. The number of amides is 2. The average Bonchev–Trinajstić information content (AvgIpc) is 2.86. The van der Waals surface area contributed by atoms with Crippen LogP contribution in [0.2, 0.25) is 0 Å². The van der Waals surface area contributed by atoms with Crippen molar-refractivity contribution in [3.8, 4) is 5.75 Å². The van der Waals surface area contributed by atoms with E-state index in [9.17, 15) is 14.0 Å². The molecule has 120 valence electrons. The Morgan fingerprint density at radius 1 is 1.48 bits per heavy atom. The second kappa shape index (κ2) is 6.33. The molecule has 2 aromatic rings. The summed E-state index contributed by atoms with van der Waals surface area (Å²) in [6.45, 7) is 0.620. The number of nitrogens with one attached hydrogen (secondary N) is 2. The molecule has 23 heavy (non-hydrogen) atoms. The number of hydrogen-bond donors (Lipinski definition) is 2. The van der Waals surface area contributed by atoms with Crippen molar-refractivity contribution in [3.05, 3.63) is 40.2 Å². The molecule has 2 heterocycles. The molecule has 0 radical (unpaired) electrons. The van der Waals surface area contributed by atoms with Gasteiger partial charge >= 0.3 is 0 Å². The summed E-state index contributed by atoms with van der Waals surface area (Å²) < 4.78 is 18.5. The summed E-state index contributed by atoms with van der Waals surface area (Å²) >= 11 is 1.12. The number of rotatable bonds is 3. The molecule has 1 aromatic heterocycles. The lowest BCUT2D eigenvalue weighted by molar-refractivity contribution is 0.0958. The third-order valence-corrected chi connectivity index (χ3v) is 4.43. The van der Waals surface area contributed by atoms with Gasteiger partial charge in [0, 0.05) is 12.1 Å². The minimum absolute atomic E-state index is 0.0687. The summed E-state index contributed by atoms with van der Waals surface area (Å²) in [5, 5.41) is 5.70. The Morgan fingerprint density at radius 2 is 2.30 bits per heavy atom. The van der Waals surface area contributed by atoms with Crippen molar-refractivity contribution in [1.29, 1.82) is 0 Å². The van der Waals surface area contributed by atoms with Gasteiger partial charge in [-0.1, -0.05) is 11.3 Å². The Labute approximate surface area is 135 Å². The van der Waals surface area contributed by atoms with Crippen LogP contribution in [0.25, 0.3) is 0 Å². The summed E-state index contributed by atoms with van der Waals surface area (Å²) in [7, 11) is 1.35. The molecule has 2 N–H and O–H groups in total. The van der Waals surface area contributed by atoms with Crippen molar-refractivity contribution >= 4 is 28.3 Å². The maximum atomic E-state index is 13.7. The zero-order valence-electron chi connectivity index (χ0n) is 12.3. The fraction of sp³-hybridized carbons (Fsp3) is 0.267. The van der Waals surface area contributed by atoms with E-state index >= 15 is 0 Å². The highest BCUT2D eigenvalue weighted by Crippen LogP contribution is 2.26. The first-order chi connectivity index (χ1) is 11.1. The first-order valence-corrected chi connectivity index (χ1v) is 7.83. The largest absolute Gasteiger partial charge is 0.494 e. The van der Waals surface area contributed by atoms with Gasteiger partial charge < -0.3 is 10.1 Å². The molecule has 1 aromatic carbocycles. The topological polar surface area (TPSA) is 80.3 Å². The first kappa shape index (κ1) is 15.4. The molecule has 0 bridgehead atoms. The van der Waals surface area contributed by atoms with Crippen LogP contribution >= 0.6 is 11.3 Å². The van der Waals surface area contributed by atoms with Gasteiger partial charge in [0.15, 0.2) is 16.7 Å². The van der Waals surface area contributed by atoms with Crippen molar-refractivity contribution in [2.75, 3.05) is 19.0 Å². The number of ether oxygens (including phenoxy) is 1. The number of aromatic nitrogens is 1. The van der Waals surface area contributed by atoms with Crippen LogP contribution in [0.3, 0.4) is 0 Å². The van der Waals surface area contributed by atoms with Crippen LogP contribution in [0.5, 0.6) is 5.75 Å². The van der Waals surface area contributed by atoms with Gasteiger partial charge in [-0.2, -0.15) is 0 Å². The Hall–Kier alpha value is -2.48. The molecule has 0 unspecified atom stereocenters. The normalized spacial score (nSPS) is 13.7. The molecule has 0 atom stereocenters. The van der Waals surface area contributed by atoms with Crippen LogP contribution in [0.15, 0.2) is 18.2 Å². The van der Waals surface area contributed by atoms with Gasteiger partial charge in [-0.05, 0) is 31.0 Å². The zero-order chi connectivity index (χ0) is 16.4. The van der Waals surface area contributed by atoms with Gasteiger partial charge in [0.25, 0.3) is 11.8 Å². The van der Waals surface area contributed by atoms with Crippen LogP contribution in [0.4, 0.5) is 9.52 Å². The van der Waals surface area contributed by atoms with Gasteiger partial charge in [-0.15, -0.1) is 0 Å². The lowest BCUT2D eigenvalue weighted by atomic mass is 10.2. The van der Waals surface area contributed by atoms with E-state index in [0.717, 1.165) is 23.8 Å². The molecular formula is C15H14FN3O3S. The van der Waals surface area contributed by atoms with E-state index in [1.807, 2.05) is 0 Å². The Bertz CT molecular complexity index is 775. The number of anilines is 1. The number of nitrogens with zero attached hydrogens (tertiary/aromatic N) is 1. The number of methoxy groups -OCH3 is 1. The van der Waals surface area contributed by atoms with Crippen LogP contribution < -0.4 is 15.4 Å². The summed E-state index contributed by atoms with van der Waals surface area (Å²) in [5.74, 6) is -1.21. The van der Waals surface area contributed by atoms with Crippen molar-refractivity contribution < 1.29 is 18.7 Å².